The summed E-state index contributed by atoms with van der Waals surface area (Å²) in [6, 6.07) is 4.36. The summed E-state index contributed by atoms with van der Waals surface area (Å²) in [6.45, 7) is 8.72. The molecule has 0 bridgehead atoms. The molecule has 0 aromatic heterocycles. The van der Waals surface area contributed by atoms with Crippen LogP contribution in [0.4, 0.5) is 5.69 Å². The van der Waals surface area contributed by atoms with E-state index >= 15 is 0 Å². The van der Waals surface area contributed by atoms with Crippen molar-refractivity contribution < 1.29 is 37.5 Å². The van der Waals surface area contributed by atoms with Gasteiger partial charge in [0.25, 0.3) is 5.91 Å². The Morgan fingerprint density at radius 2 is 1.60 bits per heavy atom. The van der Waals surface area contributed by atoms with Crippen molar-refractivity contribution >= 4 is 18.9 Å². The third-order valence-corrected chi connectivity index (χ3v) is 12.7. The Kier molecular flexibility index (Phi) is 7.31. The number of hydrogen-bond donors (Lipinski definition) is 1. The molecule has 1 aromatic carbocycles. The van der Waals surface area contributed by atoms with Crippen LogP contribution in [0.3, 0.4) is 0 Å². The van der Waals surface area contributed by atoms with E-state index in [4.69, 9.17) is 0 Å². The molecule has 1 N–H and O–H groups in total. The fourth-order valence-corrected chi connectivity index (χ4v) is 10.9. The topological polar surface area (TPSA) is 29.1 Å². The molecule has 1 saturated carbocycles. The molecular formula is C21H33NOPY+. The Hall–Kier alpha value is 0.224. The number of nitrogens with one attached hydrogen (secondary N) is 1. The van der Waals surface area contributed by atoms with E-state index in [2.05, 4.69) is 45.1 Å². The van der Waals surface area contributed by atoms with E-state index in [-0.39, 0.29) is 37.9 Å². The first kappa shape index (κ1) is 21.5. The number of carbonyl (C=O) groups is 1. The van der Waals surface area contributed by atoms with Crippen molar-refractivity contribution in [3.8, 4) is 0 Å². The third kappa shape index (κ3) is 3.78. The van der Waals surface area contributed by atoms with Crippen LogP contribution in [-0.4, -0.2) is 29.5 Å². The molecule has 0 atom stereocenters. The minimum Gasteiger partial charge on any atom is -0.322 e. The zero-order chi connectivity index (χ0) is 17.4. The normalized spacial score (nSPS) is 21.0. The standard InChI is InChI=1S/C21H32NOP.Y/c1-5-24(12-7-6-8-13-24)21(10-9-11-21)20(23)22-19-17(3)14-16(2)15-18(19)4;/h14-15H,5-13H2,1-4H3;/p+1. The molecular weight excluding hydrogens is 402 g/mol. The molecule has 2 aliphatic rings. The van der Waals surface area contributed by atoms with Gasteiger partial charge in [0.1, 0.15) is 0 Å². The van der Waals surface area contributed by atoms with Crippen LogP contribution in [0, 0.1) is 20.8 Å². The Bertz CT molecular complexity index is 610. The number of benzene rings is 1. The Labute approximate surface area is 179 Å². The van der Waals surface area contributed by atoms with Crippen LogP contribution in [-0.2, 0) is 37.5 Å². The SMILES string of the molecule is CC[P+]1(C2(C(=O)Nc3c(C)cc(C)cc3C)CCC2)CCCCC1.[Y]. The summed E-state index contributed by atoms with van der Waals surface area (Å²) in [5, 5.41) is 3.39. The summed E-state index contributed by atoms with van der Waals surface area (Å²) in [4.78, 5) is 13.5. The minimum absolute atomic E-state index is 0. The number of aryl methyl sites for hydroxylation is 3. The summed E-state index contributed by atoms with van der Waals surface area (Å²) in [7, 11) is -1.15. The molecule has 135 valence electrons. The summed E-state index contributed by atoms with van der Waals surface area (Å²) < 4.78 is 0. The molecule has 1 aliphatic carbocycles. The van der Waals surface area contributed by atoms with Gasteiger partial charge in [0, 0.05) is 45.7 Å². The Morgan fingerprint density at radius 3 is 2.04 bits per heavy atom. The van der Waals surface area contributed by atoms with Crippen molar-refractivity contribution in [1.82, 2.24) is 0 Å². The van der Waals surface area contributed by atoms with Crippen LogP contribution in [0.2, 0.25) is 0 Å². The summed E-state index contributed by atoms with van der Waals surface area (Å²) in [5.74, 6) is 0.348. The van der Waals surface area contributed by atoms with Gasteiger partial charge in [-0.1, -0.05) is 17.7 Å². The first-order valence-electron chi connectivity index (χ1n) is 9.70. The van der Waals surface area contributed by atoms with Crippen LogP contribution in [0.1, 0.15) is 62.1 Å². The van der Waals surface area contributed by atoms with Gasteiger partial charge in [0.15, 0.2) is 5.16 Å². The van der Waals surface area contributed by atoms with E-state index < -0.39 is 7.26 Å². The van der Waals surface area contributed by atoms with E-state index in [1.165, 1.54) is 60.9 Å². The van der Waals surface area contributed by atoms with Crippen molar-refractivity contribution in [2.45, 2.75) is 71.4 Å². The molecule has 1 aromatic rings. The van der Waals surface area contributed by atoms with Crippen molar-refractivity contribution in [2.75, 3.05) is 23.8 Å². The molecule has 4 heteroatoms. The molecule has 0 unspecified atom stereocenters. The molecule has 1 saturated heterocycles. The third-order valence-electron chi connectivity index (χ3n) is 6.70. The zero-order valence-electron chi connectivity index (χ0n) is 16.5. The van der Waals surface area contributed by atoms with Crippen LogP contribution < -0.4 is 5.32 Å². The average molecular weight is 435 g/mol. The quantitative estimate of drug-likeness (QED) is 0.605. The van der Waals surface area contributed by atoms with Gasteiger partial charge < -0.3 is 5.32 Å². The average Bonchev–Trinajstić information content (AvgIpc) is 2.50. The maximum Gasteiger partial charge on any atom is 0.268 e. The summed E-state index contributed by atoms with van der Waals surface area (Å²) in [6.07, 6.45) is 11.5. The van der Waals surface area contributed by atoms with Crippen LogP contribution in [0.25, 0.3) is 0 Å². The molecule has 1 heterocycles. The number of carbonyl (C=O) groups excluding carboxylic acids is 1. The van der Waals surface area contributed by atoms with Gasteiger partial charge in [0.2, 0.25) is 0 Å². The largest absolute Gasteiger partial charge is 0.322 e. The van der Waals surface area contributed by atoms with E-state index in [1.807, 2.05) is 0 Å². The molecule has 2 nitrogen and oxygen atoms in total. The van der Waals surface area contributed by atoms with Gasteiger partial charge in [-0.3, -0.25) is 4.79 Å². The van der Waals surface area contributed by atoms with E-state index in [1.54, 1.807) is 0 Å². The van der Waals surface area contributed by atoms with E-state index in [0.717, 1.165) is 18.5 Å². The first-order valence-corrected chi connectivity index (χ1v) is 12.0. The molecule has 3 rings (SSSR count). The Morgan fingerprint density at radius 1 is 1.04 bits per heavy atom. The number of anilines is 1. The van der Waals surface area contributed by atoms with Gasteiger partial charge in [-0.05, 0) is 77.3 Å². The van der Waals surface area contributed by atoms with Gasteiger partial charge in [-0.15, -0.1) is 0 Å². The van der Waals surface area contributed by atoms with Gasteiger partial charge in [-0.2, -0.15) is 0 Å². The maximum atomic E-state index is 13.5. The first-order chi connectivity index (χ1) is 11.4. The zero-order valence-corrected chi connectivity index (χ0v) is 20.2. The second-order valence-electron chi connectivity index (χ2n) is 8.08. The second-order valence-corrected chi connectivity index (χ2v) is 12.8. The van der Waals surface area contributed by atoms with Crippen molar-refractivity contribution in [3.05, 3.63) is 28.8 Å². The van der Waals surface area contributed by atoms with Gasteiger partial charge in [-0.25, -0.2) is 0 Å². The van der Waals surface area contributed by atoms with Crippen LogP contribution >= 0.6 is 7.26 Å². The van der Waals surface area contributed by atoms with E-state index in [0.29, 0.717) is 5.91 Å². The Balaban J connectivity index is 0.00000225. The number of hydrogen-bond acceptors (Lipinski definition) is 1. The second kappa shape index (κ2) is 8.49. The van der Waals surface area contributed by atoms with E-state index in [9.17, 15) is 4.79 Å². The molecule has 2 fully saturated rings. The summed E-state index contributed by atoms with van der Waals surface area (Å²) >= 11 is 0. The fraction of sp³-hybridized carbons (Fsp3) is 0.667. The summed E-state index contributed by atoms with van der Waals surface area (Å²) in [5.41, 5.74) is 4.72. The number of rotatable bonds is 4. The predicted octanol–water partition coefficient (Wildman–Crippen LogP) is 5.69. The monoisotopic (exact) mass is 435 g/mol. The van der Waals surface area contributed by atoms with Crippen LogP contribution in [0.5, 0.6) is 0 Å². The molecule has 1 amide bonds. The smallest absolute Gasteiger partial charge is 0.268 e. The van der Waals surface area contributed by atoms with Crippen molar-refractivity contribution in [3.63, 3.8) is 0 Å². The van der Waals surface area contributed by atoms with Gasteiger partial charge >= 0.3 is 0 Å². The minimum atomic E-state index is -1.15. The fourth-order valence-electron chi connectivity index (χ4n) is 5.20. The molecule has 1 radical (unpaired) electrons. The van der Waals surface area contributed by atoms with Crippen LogP contribution in [0.15, 0.2) is 12.1 Å². The molecule has 0 spiro atoms. The number of amides is 1. The maximum absolute atomic E-state index is 13.5. The van der Waals surface area contributed by atoms with Crippen molar-refractivity contribution in [1.29, 1.82) is 0 Å². The predicted molar refractivity (Wildman–Crippen MR) is 107 cm³/mol. The molecule has 1 aliphatic heterocycles. The van der Waals surface area contributed by atoms with Crippen molar-refractivity contribution in [2.24, 2.45) is 0 Å². The van der Waals surface area contributed by atoms with Gasteiger partial charge in [0.05, 0.1) is 18.5 Å². The molecule has 25 heavy (non-hydrogen) atoms.